The van der Waals surface area contributed by atoms with Crippen LogP contribution in [0.5, 0.6) is 0 Å². The number of hydrogen-bond acceptors (Lipinski definition) is 5. The van der Waals surface area contributed by atoms with Crippen LogP contribution < -0.4 is 4.90 Å². The Balaban J connectivity index is 1.96. The summed E-state index contributed by atoms with van der Waals surface area (Å²) >= 11 is 0. The van der Waals surface area contributed by atoms with Crippen molar-refractivity contribution < 1.29 is 13.3 Å². The van der Waals surface area contributed by atoms with Gasteiger partial charge in [0.25, 0.3) is 5.69 Å². The summed E-state index contributed by atoms with van der Waals surface area (Å²) < 4.78 is 23.9. The number of rotatable bonds is 4. The Labute approximate surface area is 147 Å². The molecule has 0 aliphatic carbocycles. The van der Waals surface area contributed by atoms with Crippen LogP contribution in [-0.2, 0) is 9.84 Å². The predicted molar refractivity (Wildman–Crippen MR) is 96.8 cm³/mol. The molecule has 1 aliphatic rings. The van der Waals surface area contributed by atoms with Gasteiger partial charge in [-0.25, -0.2) is 8.42 Å². The molecule has 25 heavy (non-hydrogen) atoms. The zero-order valence-corrected chi connectivity index (χ0v) is 14.9. The van der Waals surface area contributed by atoms with Crippen LogP contribution in [0.4, 0.5) is 11.4 Å². The minimum atomic E-state index is -3.68. The summed E-state index contributed by atoms with van der Waals surface area (Å²) in [5.41, 5.74) is 1.58. The van der Waals surface area contributed by atoms with Crippen molar-refractivity contribution in [3.63, 3.8) is 0 Å². The Morgan fingerprint density at radius 2 is 1.84 bits per heavy atom. The average Bonchev–Trinajstić information content (AvgIpc) is 2.96. The van der Waals surface area contributed by atoms with Gasteiger partial charge in [0, 0.05) is 36.5 Å². The molecule has 0 saturated carbocycles. The first-order chi connectivity index (χ1) is 11.8. The second-order valence-electron chi connectivity index (χ2n) is 6.42. The van der Waals surface area contributed by atoms with Crippen LogP contribution >= 0.6 is 0 Å². The van der Waals surface area contributed by atoms with Gasteiger partial charge >= 0.3 is 0 Å². The van der Waals surface area contributed by atoms with Crippen LogP contribution in [-0.4, -0.2) is 32.2 Å². The second-order valence-corrected chi connectivity index (χ2v) is 8.41. The van der Waals surface area contributed by atoms with E-state index in [1.165, 1.54) is 17.7 Å². The number of sulfone groups is 1. The van der Waals surface area contributed by atoms with E-state index < -0.39 is 14.8 Å². The monoisotopic (exact) mass is 360 g/mol. The van der Waals surface area contributed by atoms with E-state index in [9.17, 15) is 18.5 Å². The van der Waals surface area contributed by atoms with E-state index in [2.05, 4.69) is 24.0 Å². The van der Waals surface area contributed by atoms with Gasteiger partial charge in [0.2, 0.25) is 0 Å². The summed E-state index contributed by atoms with van der Waals surface area (Å²) in [4.78, 5) is 12.4. The van der Waals surface area contributed by atoms with Crippen LogP contribution in [0.1, 0.15) is 24.8 Å². The highest BCUT2D eigenvalue weighted by molar-refractivity contribution is 7.90. The molecular formula is C18H20N2O4S. The van der Waals surface area contributed by atoms with Crippen molar-refractivity contribution >= 4 is 21.2 Å². The van der Waals surface area contributed by atoms with Crippen LogP contribution in [0.2, 0.25) is 0 Å². The third kappa shape index (κ3) is 3.37. The third-order valence-electron chi connectivity index (χ3n) is 4.85. The average molecular weight is 360 g/mol. The van der Waals surface area contributed by atoms with Gasteiger partial charge in [-0.1, -0.05) is 30.3 Å². The van der Waals surface area contributed by atoms with Crippen LogP contribution in [0.3, 0.4) is 0 Å². The number of nitrogens with zero attached hydrogens (tertiary/aromatic N) is 2. The van der Waals surface area contributed by atoms with E-state index in [1.54, 1.807) is 6.07 Å². The van der Waals surface area contributed by atoms with Crippen molar-refractivity contribution in [1.82, 2.24) is 0 Å². The second kappa shape index (κ2) is 6.48. The predicted octanol–water partition coefficient (Wildman–Crippen LogP) is 3.38. The topological polar surface area (TPSA) is 80.5 Å². The van der Waals surface area contributed by atoms with Gasteiger partial charge in [-0.3, -0.25) is 10.1 Å². The largest absolute Gasteiger partial charge is 0.368 e. The fourth-order valence-corrected chi connectivity index (χ4v) is 4.44. The molecule has 1 aliphatic heterocycles. The van der Waals surface area contributed by atoms with Crippen LogP contribution in [0.15, 0.2) is 53.4 Å². The fourth-order valence-electron chi connectivity index (χ4n) is 3.58. The summed E-state index contributed by atoms with van der Waals surface area (Å²) in [6.45, 7) is 2.88. The molecule has 1 saturated heterocycles. The molecule has 0 bridgehead atoms. The molecule has 7 heteroatoms. The maximum atomic E-state index is 12.0. The number of benzene rings is 2. The zero-order chi connectivity index (χ0) is 18.2. The fraction of sp³-hybridized carbons (Fsp3) is 0.333. The SMILES string of the molecule is CC1C(c2ccccc2)CCN1c1ccc([N+](=O)[O-])c(S(C)(=O)=O)c1. The molecule has 3 rings (SSSR count). The summed E-state index contributed by atoms with van der Waals surface area (Å²) in [7, 11) is -3.68. The summed E-state index contributed by atoms with van der Waals surface area (Å²) in [6, 6.07) is 14.7. The summed E-state index contributed by atoms with van der Waals surface area (Å²) in [5, 5.41) is 11.1. The van der Waals surface area contributed by atoms with Gasteiger partial charge < -0.3 is 4.90 Å². The van der Waals surface area contributed by atoms with Gasteiger partial charge in [0.15, 0.2) is 9.84 Å². The van der Waals surface area contributed by atoms with Crippen molar-refractivity contribution in [2.75, 3.05) is 17.7 Å². The molecule has 2 aromatic rings. The highest BCUT2D eigenvalue weighted by atomic mass is 32.2. The van der Waals surface area contributed by atoms with Crippen LogP contribution in [0.25, 0.3) is 0 Å². The lowest BCUT2D eigenvalue weighted by molar-refractivity contribution is -0.387. The summed E-state index contributed by atoms with van der Waals surface area (Å²) in [5.74, 6) is 0.345. The van der Waals surface area contributed by atoms with Gasteiger partial charge in [0.1, 0.15) is 4.90 Å². The van der Waals surface area contributed by atoms with Gasteiger partial charge in [-0.05, 0) is 31.0 Å². The van der Waals surface area contributed by atoms with E-state index in [-0.39, 0.29) is 16.6 Å². The maximum Gasteiger partial charge on any atom is 0.288 e. The highest BCUT2D eigenvalue weighted by Crippen LogP contribution is 2.38. The Hall–Kier alpha value is -2.41. The molecule has 2 aromatic carbocycles. The Bertz CT molecular complexity index is 897. The third-order valence-corrected chi connectivity index (χ3v) is 5.98. The zero-order valence-electron chi connectivity index (χ0n) is 14.1. The van der Waals surface area contributed by atoms with Gasteiger partial charge in [0.05, 0.1) is 4.92 Å². The molecule has 1 heterocycles. The van der Waals surface area contributed by atoms with Gasteiger partial charge in [-0.2, -0.15) is 0 Å². The molecule has 0 radical (unpaired) electrons. The first-order valence-corrected chi connectivity index (χ1v) is 9.98. The molecule has 132 valence electrons. The van der Waals surface area contributed by atoms with Crippen molar-refractivity contribution in [3.05, 3.63) is 64.2 Å². The van der Waals surface area contributed by atoms with E-state index in [0.29, 0.717) is 11.6 Å². The number of nitro groups is 1. The van der Waals surface area contributed by atoms with E-state index in [0.717, 1.165) is 19.2 Å². The van der Waals surface area contributed by atoms with Crippen molar-refractivity contribution in [3.8, 4) is 0 Å². The number of nitro benzene ring substituents is 1. The molecule has 0 N–H and O–H groups in total. The Morgan fingerprint density at radius 1 is 1.16 bits per heavy atom. The first-order valence-electron chi connectivity index (χ1n) is 8.09. The minimum absolute atomic E-state index is 0.177. The van der Waals surface area contributed by atoms with Crippen molar-refractivity contribution in [2.24, 2.45) is 0 Å². The molecule has 1 fully saturated rings. The Morgan fingerprint density at radius 3 is 2.44 bits per heavy atom. The molecule has 2 unspecified atom stereocenters. The van der Waals surface area contributed by atoms with E-state index >= 15 is 0 Å². The first kappa shape index (κ1) is 17.4. The lowest BCUT2D eigenvalue weighted by atomic mass is 9.93. The molecule has 2 atom stereocenters. The maximum absolute atomic E-state index is 12.0. The number of hydrogen-bond donors (Lipinski definition) is 0. The van der Waals surface area contributed by atoms with E-state index in [4.69, 9.17) is 0 Å². The lowest BCUT2D eigenvalue weighted by Crippen LogP contribution is -2.29. The molecule has 0 amide bonds. The van der Waals surface area contributed by atoms with Crippen molar-refractivity contribution in [1.29, 1.82) is 0 Å². The van der Waals surface area contributed by atoms with Crippen LogP contribution in [0, 0.1) is 10.1 Å². The van der Waals surface area contributed by atoms with Gasteiger partial charge in [-0.15, -0.1) is 0 Å². The molecular weight excluding hydrogens is 340 g/mol. The molecule has 6 nitrogen and oxygen atoms in total. The number of anilines is 1. The normalized spacial score (nSPS) is 20.6. The standard InChI is InChI=1S/C18H20N2O4S/c1-13-16(14-6-4-3-5-7-14)10-11-19(13)15-8-9-17(20(21)22)18(12-15)25(2,23)24/h3-9,12-13,16H,10-11H2,1-2H3. The molecule has 0 aromatic heterocycles. The molecule has 0 spiro atoms. The van der Waals surface area contributed by atoms with E-state index in [1.807, 2.05) is 18.2 Å². The lowest BCUT2D eigenvalue weighted by Gasteiger charge is -2.27. The van der Waals surface area contributed by atoms with Crippen molar-refractivity contribution in [2.45, 2.75) is 30.2 Å². The quantitative estimate of drug-likeness (QED) is 0.617. The summed E-state index contributed by atoms with van der Waals surface area (Å²) in [6.07, 6.45) is 1.95. The smallest absolute Gasteiger partial charge is 0.288 e. The Kier molecular flexibility index (Phi) is 4.51. The highest BCUT2D eigenvalue weighted by Gasteiger charge is 2.33. The minimum Gasteiger partial charge on any atom is -0.368 e.